The first kappa shape index (κ1) is 14.9. The molecule has 0 aliphatic rings. The van der Waals surface area contributed by atoms with Crippen LogP contribution in [0.5, 0.6) is 0 Å². The van der Waals surface area contributed by atoms with Gasteiger partial charge in [0, 0.05) is 12.1 Å². The molecule has 0 heterocycles. The Labute approximate surface area is 123 Å². The van der Waals surface area contributed by atoms with Crippen LogP contribution in [-0.4, -0.2) is 15.8 Å². The summed E-state index contributed by atoms with van der Waals surface area (Å²) in [5.74, 6) is -0.773. The highest BCUT2D eigenvalue weighted by Crippen LogP contribution is 2.22. The summed E-state index contributed by atoms with van der Waals surface area (Å²) in [4.78, 5) is 32.4. The van der Waals surface area contributed by atoms with E-state index in [4.69, 9.17) is 0 Å². The van der Waals surface area contributed by atoms with E-state index in [0.717, 1.165) is 0 Å². The van der Waals surface area contributed by atoms with E-state index in [0.29, 0.717) is 0 Å². The van der Waals surface area contributed by atoms with Gasteiger partial charge in [-0.2, -0.15) is 0 Å². The second-order valence-corrected chi connectivity index (χ2v) is 4.13. The second-order valence-electron chi connectivity index (χ2n) is 4.13. The largest absolute Gasteiger partial charge is 0.294 e. The van der Waals surface area contributed by atoms with Gasteiger partial charge in [-0.25, -0.2) is 0 Å². The Bertz CT molecular complexity index is 747. The van der Waals surface area contributed by atoms with Crippen molar-refractivity contribution in [3.05, 3.63) is 74.3 Å². The monoisotopic (exact) mass is 302 g/mol. The van der Waals surface area contributed by atoms with Gasteiger partial charge in [0.15, 0.2) is 0 Å². The number of hydrogen-bond donors (Lipinski definition) is 2. The third-order valence-electron chi connectivity index (χ3n) is 2.76. The van der Waals surface area contributed by atoms with Gasteiger partial charge in [-0.3, -0.25) is 35.9 Å². The van der Waals surface area contributed by atoms with E-state index < -0.39 is 15.8 Å². The molecule has 2 aromatic rings. The van der Waals surface area contributed by atoms with Crippen molar-refractivity contribution >= 4 is 23.0 Å². The van der Waals surface area contributed by atoms with Crippen molar-refractivity contribution in [3.63, 3.8) is 0 Å². The average molecular weight is 302 g/mol. The summed E-state index contributed by atoms with van der Waals surface area (Å²) in [5.41, 5.74) is 3.93. The van der Waals surface area contributed by atoms with Crippen LogP contribution < -0.4 is 10.9 Å². The number of nitro groups is 2. The molecule has 0 unspecified atom stereocenters. The highest BCUT2D eigenvalue weighted by atomic mass is 16.6. The van der Waals surface area contributed by atoms with E-state index in [1.54, 1.807) is 6.07 Å². The van der Waals surface area contributed by atoms with Crippen LogP contribution in [0.15, 0.2) is 48.5 Å². The van der Waals surface area contributed by atoms with Gasteiger partial charge in [-0.05, 0) is 12.1 Å². The lowest BCUT2D eigenvalue weighted by molar-refractivity contribution is -0.385. The number of hydrogen-bond acceptors (Lipinski definition) is 6. The van der Waals surface area contributed by atoms with Gasteiger partial charge in [0.1, 0.15) is 11.3 Å². The van der Waals surface area contributed by atoms with Crippen molar-refractivity contribution in [1.29, 1.82) is 0 Å². The number of nitrogens with zero attached hydrogens (tertiary/aromatic N) is 2. The molecule has 0 fully saturated rings. The predicted octanol–water partition coefficient (Wildman–Crippen LogP) is 2.26. The van der Waals surface area contributed by atoms with Crippen LogP contribution in [0.3, 0.4) is 0 Å². The molecule has 2 aromatic carbocycles. The van der Waals surface area contributed by atoms with Crippen LogP contribution >= 0.6 is 0 Å². The molecule has 112 valence electrons. The minimum atomic E-state index is -0.773. The lowest BCUT2D eigenvalue weighted by Crippen LogP contribution is -2.30. The van der Waals surface area contributed by atoms with E-state index in [9.17, 15) is 25.0 Å². The summed E-state index contributed by atoms with van der Waals surface area (Å²) in [5, 5.41) is 21.7. The molecule has 0 radical (unpaired) electrons. The molecule has 0 saturated carbocycles. The molecule has 0 aliphatic carbocycles. The van der Waals surface area contributed by atoms with E-state index in [-0.39, 0.29) is 22.6 Å². The molecule has 9 heteroatoms. The van der Waals surface area contributed by atoms with Crippen molar-refractivity contribution in [3.8, 4) is 0 Å². The fourth-order valence-electron chi connectivity index (χ4n) is 1.75. The Morgan fingerprint density at radius 2 is 1.41 bits per heavy atom. The van der Waals surface area contributed by atoms with Crippen molar-refractivity contribution in [1.82, 2.24) is 5.43 Å². The van der Waals surface area contributed by atoms with E-state index in [2.05, 4.69) is 10.9 Å². The van der Waals surface area contributed by atoms with E-state index in [1.807, 2.05) is 0 Å². The fraction of sp³-hybridized carbons (Fsp3) is 0. The average Bonchev–Trinajstić information content (AvgIpc) is 2.52. The lowest BCUT2D eigenvalue weighted by atomic mass is 10.2. The van der Waals surface area contributed by atoms with Gasteiger partial charge < -0.3 is 0 Å². The lowest BCUT2D eigenvalue weighted by Gasteiger charge is -2.08. The maximum absolute atomic E-state index is 12.0. The summed E-state index contributed by atoms with van der Waals surface area (Å²) in [6, 6.07) is 11.1. The quantitative estimate of drug-likeness (QED) is 0.644. The number of nitro benzene ring substituents is 2. The van der Waals surface area contributed by atoms with Crippen molar-refractivity contribution in [2.75, 3.05) is 5.43 Å². The van der Waals surface area contributed by atoms with Crippen LogP contribution in [0.2, 0.25) is 0 Å². The van der Waals surface area contributed by atoms with Crippen molar-refractivity contribution in [2.45, 2.75) is 0 Å². The standard InChI is InChI=1S/C13H10N4O5/c18-13(9-5-1-3-7-11(9)16(19)20)15-14-10-6-2-4-8-12(10)17(21)22/h1-8,14H,(H,15,18). The van der Waals surface area contributed by atoms with Crippen molar-refractivity contribution < 1.29 is 14.6 Å². The maximum Gasteiger partial charge on any atom is 0.294 e. The highest BCUT2D eigenvalue weighted by Gasteiger charge is 2.20. The van der Waals surface area contributed by atoms with Gasteiger partial charge in [-0.1, -0.05) is 24.3 Å². The topological polar surface area (TPSA) is 127 Å². The van der Waals surface area contributed by atoms with Gasteiger partial charge >= 0.3 is 0 Å². The third kappa shape index (κ3) is 3.15. The van der Waals surface area contributed by atoms with E-state index in [1.165, 1.54) is 42.5 Å². The summed E-state index contributed by atoms with van der Waals surface area (Å²) in [7, 11) is 0. The Kier molecular flexibility index (Phi) is 4.27. The Morgan fingerprint density at radius 1 is 0.864 bits per heavy atom. The zero-order chi connectivity index (χ0) is 16.1. The summed E-state index contributed by atoms with van der Waals surface area (Å²) < 4.78 is 0. The predicted molar refractivity (Wildman–Crippen MR) is 77.3 cm³/mol. The number of carbonyl (C=O) groups excluding carboxylic acids is 1. The molecule has 1 amide bonds. The number of anilines is 1. The Morgan fingerprint density at radius 3 is 2.05 bits per heavy atom. The number of nitrogens with one attached hydrogen (secondary N) is 2. The molecule has 9 nitrogen and oxygen atoms in total. The zero-order valence-corrected chi connectivity index (χ0v) is 11.1. The molecule has 22 heavy (non-hydrogen) atoms. The molecular weight excluding hydrogens is 292 g/mol. The van der Waals surface area contributed by atoms with E-state index >= 15 is 0 Å². The van der Waals surface area contributed by atoms with Crippen molar-refractivity contribution in [2.24, 2.45) is 0 Å². The number of amides is 1. The van der Waals surface area contributed by atoms with Gasteiger partial charge in [0.25, 0.3) is 17.3 Å². The van der Waals surface area contributed by atoms with Gasteiger partial charge in [0.2, 0.25) is 0 Å². The molecule has 0 bridgehead atoms. The number of hydrazine groups is 1. The SMILES string of the molecule is O=C(NNc1ccccc1[N+](=O)[O-])c1ccccc1[N+](=O)[O-]. The molecule has 2 N–H and O–H groups in total. The maximum atomic E-state index is 12.0. The van der Waals surface area contributed by atoms with Crippen LogP contribution in [0.1, 0.15) is 10.4 Å². The first-order valence-electron chi connectivity index (χ1n) is 6.04. The van der Waals surface area contributed by atoms with Crippen LogP contribution in [0.25, 0.3) is 0 Å². The Hall–Kier alpha value is -3.49. The molecule has 0 saturated heterocycles. The minimum Gasteiger partial charge on any atom is -0.292 e. The number of carbonyl (C=O) groups is 1. The third-order valence-corrected chi connectivity index (χ3v) is 2.76. The van der Waals surface area contributed by atoms with Gasteiger partial charge in [-0.15, -0.1) is 0 Å². The molecule has 0 atom stereocenters. The highest BCUT2D eigenvalue weighted by molar-refractivity contribution is 5.98. The smallest absolute Gasteiger partial charge is 0.292 e. The second kappa shape index (κ2) is 6.31. The van der Waals surface area contributed by atoms with Crippen LogP contribution in [0, 0.1) is 20.2 Å². The molecule has 0 aliphatic heterocycles. The summed E-state index contributed by atoms with van der Waals surface area (Å²) >= 11 is 0. The number of rotatable bonds is 5. The minimum absolute atomic E-state index is 0.0689. The summed E-state index contributed by atoms with van der Waals surface area (Å²) in [6.07, 6.45) is 0. The Balaban J connectivity index is 2.18. The zero-order valence-electron chi connectivity index (χ0n) is 11.1. The number of para-hydroxylation sites is 3. The molecule has 2 rings (SSSR count). The van der Waals surface area contributed by atoms with Crippen LogP contribution in [-0.2, 0) is 0 Å². The first-order chi connectivity index (χ1) is 10.5. The molecular formula is C13H10N4O5. The number of benzene rings is 2. The van der Waals surface area contributed by atoms with Gasteiger partial charge in [0.05, 0.1) is 9.85 Å². The first-order valence-corrected chi connectivity index (χ1v) is 6.04. The molecule has 0 spiro atoms. The summed E-state index contributed by atoms with van der Waals surface area (Å²) in [6.45, 7) is 0. The fourth-order valence-corrected chi connectivity index (χ4v) is 1.75. The van der Waals surface area contributed by atoms with Crippen LogP contribution in [0.4, 0.5) is 17.1 Å². The normalized spacial score (nSPS) is 9.82. The molecule has 0 aromatic heterocycles.